The standard InChI is InChI=1S/C25H33N5O7/c1-14(32)22(27)24(35)28-17-9-7-16(8-10-17)19(30-23(34)18(26)13-31)12-21(33)29-20(25(36)37)11-15-5-3-2-4-6-15/h2-10,14,18-20,22,31-32H,11-13,26-27H2,1H3,(H,28,35)(H,29,33)(H,30,34)(H,36,37)/t14-,18+,19?,20+,22+/m1/s1. The van der Waals surface area contributed by atoms with Gasteiger partial charge in [0.2, 0.25) is 17.7 Å². The number of aliphatic hydroxyl groups excluding tert-OH is 2. The Morgan fingerprint density at radius 1 is 0.919 bits per heavy atom. The van der Waals surface area contributed by atoms with Gasteiger partial charge in [-0.2, -0.15) is 0 Å². The van der Waals surface area contributed by atoms with Gasteiger partial charge in [0, 0.05) is 12.1 Å². The van der Waals surface area contributed by atoms with Crippen LogP contribution in [0.4, 0.5) is 5.69 Å². The molecule has 0 aliphatic carbocycles. The van der Waals surface area contributed by atoms with Crippen LogP contribution in [0.3, 0.4) is 0 Å². The summed E-state index contributed by atoms with van der Waals surface area (Å²) in [5.41, 5.74) is 12.8. The molecule has 200 valence electrons. The minimum Gasteiger partial charge on any atom is -0.480 e. The van der Waals surface area contributed by atoms with Gasteiger partial charge in [0.15, 0.2) is 0 Å². The van der Waals surface area contributed by atoms with Gasteiger partial charge in [-0.15, -0.1) is 0 Å². The highest BCUT2D eigenvalue weighted by Crippen LogP contribution is 2.20. The molecule has 2 aromatic rings. The molecule has 0 aliphatic rings. The number of rotatable bonds is 13. The van der Waals surface area contributed by atoms with Gasteiger partial charge in [-0.25, -0.2) is 4.79 Å². The highest BCUT2D eigenvalue weighted by atomic mass is 16.4. The van der Waals surface area contributed by atoms with Gasteiger partial charge in [-0.05, 0) is 30.2 Å². The zero-order chi connectivity index (χ0) is 27.5. The van der Waals surface area contributed by atoms with E-state index in [1.807, 2.05) is 0 Å². The molecule has 0 saturated heterocycles. The quantitative estimate of drug-likeness (QED) is 0.164. The molecule has 0 saturated carbocycles. The molecule has 1 unspecified atom stereocenters. The van der Waals surface area contributed by atoms with E-state index in [1.165, 1.54) is 19.1 Å². The smallest absolute Gasteiger partial charge is 0.326 e. The number of nitrogens with two attached hydrogens (primary N) is 2. The predicted octanol–water partition coefficient (Wildman–Crippen LogP) is -0.988. The number of nitrogens with one attached hydrogen (secondary N) is 3. The minimum atomic E-state index is -1.23. The summed E-state index contributed by atoms with van der Waals surface area (Å²) in [5.74, 6) is -3.15. The molecule has 12 heteroatoms. The van der Waals surface area contributed by atoms with Crippen LogP contribution in [0.1, 0.15) is 30.5 Å². The highest BCUT2D eigenvalue weighted by molar-refractivity contribution is 5.95. The summed E-state index contributed by atoms with van der Waals surface area (Å²) >= 11 is 0. The summed E-state index contributed by atoms with van der Waals surface area (Å²) in [6.07, 6.45) is -1.30. The van der Waals surface area contributed by atoms with Crippen LogP contribution < -0.4 is 27.4 Å². The summed E-state index contributed by atoms with van der Waals surface area (Å²) in [6.45, 7) is 0.773. The second-order valence-corrected chi connectivity index (χ2v) is 8.58. The number of hydrogen-bond donors (Lipinski definition) is 8. The van der Waals surface area contributed by atoms with Crippen LogP contribution in [0.5, 0.6) is 0 Å². The van der Waals surface area contributed by atoms with Crippen LogP contribution in [0.25, 0.3) is 0 Å². The largest absolute Gasteiger partial charge is 0.480 e. The first-order valence-corrected chi connectivity index (χ1v) is 11.6. The molecule has 2 aromatic carbocycles. The van der Waals surface area contributed by atoms with Crippen molar-refractivity contribution in [3.05, 3.63) is 65.7 Å². The maximum absolute atomic E-state index is 12.8. The van der Waals surface area contributed by atoms with E-state index >= 15 is 0 Å². The number of carboxylic acids is 1. The average Bonchev–Trinajstić information content (AvgIpc) is 2.87. The number of carbonyl (C=O) groups is 4. The first kappa shape index (κ1) is 29.4. The molecule has 0 bridgehead atoms. The third kappa shape index (κ3) is 9.28. The Morgan fingerprint density at radius 3 is 2.08 bits per heavy atom. The molecule has 12 nitrogen and oxygen atoms in total. The number of carboxylic acid groups (broad SMARTS) is 1. The monoisotopic (exact) mass is 515 g/mol. The average molecular weight is 516 g/mol. The van der Waals surface area contributed by atoms with Gasteiger partial charge in [0.05, 0.1) is 25.2 Å². The Kier molecular flexibility index (Phi) is 11.2. The molecule has 10 N–H and O–H groups in total. The number of amides is 3. The molecule has 37 heavy (non-hydrogen) atoms. The number of hydrogen-bond acceptors (Lipinski definition) is 8. The van der Waals surface area contributed by atoms with Gasteiger partial charge < -0.3 is 42.7 Å². The Bertz CT molecular complexity index is 1060. The molecule has 0 heterocycles. The molecular formula is C25H33N5O7. The zero-order valence-electron chi connectivity index (χ0n) is 20.3. The third-order valence-corrected chi connectivity index (χ3v) is 5.56. The fraction of sp³-hybridized carbons (Fsp3) is 0.360. The lowest BCUT2D eigenvalue weighted by atomic mass is 10.0. The summed E-state index contributed by atoms with van der Waals surface area (Å²) in [6, 6.07) is 10.5. The molecular weight excluding hydrogens is 482 g/mol. The van der Waals surface area contributed by atoms with Crippen molar-refractivity contribution in [3.8, 4) is 0 Å². The normalized spacial score (nSPS) is 14.9. The van der Waals surface area contributed by atoms with Crippen LogP contribution in [-0.2, 0) is 25.6 Å². The molecule has 0 radical (unpaired) electrons. The second-order valence-electron chi connectivity index (χ2n) is 8.58. The van der Waals surface area contributed by atoms with Crippen LogP contribution in [-0.4, -0.2) is 69.8 Å². The SMILES string of the molecule is C[C@@H](O)[C@H](N)C(=O)Nc1ccc(C(CC(=O)N[C@@H](Cc2ccccc2)C(=O)O)NC(=O)[C@@H](N)CO)cc1. The Morgan fingerprint density at radius 2 is 1.54 bits per heavy atom. The van der Waals surface area contributed by atoms with E-state index in [4.69, 9.17) is 11.5 Å². The molecule has 0 aliphatic heterocycles. The zero-order valence-corrected chi connectivity index (χ0v) is 20.3. The van der Waals surface area contributed by atoms with Crippen LogP contribution >= 0.6 is 0 Å². The first-order valence-electron chi connectivity index (χ1n) is 11.6. The van der Waals surface area contributed by atoms with E-state index in [-0.39, 0.29) is 12.8 Å². The maximum atomic E-state index is 12.8. The fourth-order valence-electron chi connectivity index (χ4n) is 3.35. The topological polar surface area (TPSA) is 217 Å². The number of aliphatic carboxylic acids is 1. The lowest BCUT2D eigenvalue weighted by molar-refractivity contribution is -0.142. The summed E-state index contributed by atoms with van der Waals surface area (Å²) in [5, 5.41) is 35.9. The lowest BCUT2D eigenvalue weighted by Gasteiger charge is -2.22. The second kappa shape index (κ2) is 14.0. The van der Waals surface area contributed by atoms with Crippen molar-refractivity contribution in [1.29, 1.82) is 0 Å². The van der Waals surface area contributed by atoms with Gasteiger partial charge in [0.1, 0.15) is 18.1 Å². The van der Waals surface area contributed by atoms with E-state index in [9.17, 15) is 34.5 Å². The number of benzene rings is 2. The predicted molar refractivity (Wildman–Crippen MR) is 135 cm³/mol. The fourth-order valence-corrected chi connectivity index (χ4v) is 3.35. The Balaban J connectivity index is 2.17. The van der Waals surface area contributed by atoms with Crippen molar-refractivity contribution in [3.63, 3.8) is 0 Å². The third-order valence-electron chi connectivity index (χ3n) is 5.56. The lowest BCUT2D eigenvalue weighted by Crippen LogP contribution is -2.47. The van der Waals surface area contributed by atoms with Crippen molar-refractivity contribution in [2.24, 2.45) is 11.5 Å². The van der Waals surface area contributed by atoms with Crippen molar-refractivity contribution in [2.75, 3.05) is 11.9 Å². The van der Waals surface area contributed by atoms with Crippen molar-refractivity contribution in [2.45, 2.75) is 50.0 Å². The van der Waals surface area contributed by atoms with Crippen LogP contribution in [0.15, 0.2) is 54.6 Å². The van der Waals surface area contributed by atoms with E-state index in [1.54, 1.807) is 42.5 Å². The maximum Gasteiger partial charge on any atom is 0.326 e. The summed E-state index contributed by atoms with van der Waals surface area (Å²) in [4.78, 5) is 48.9. The van der Waals surface area contributed by atoms with Crippen LogP contribution in [0, 0.1) is 0 Å². The summed E-state index contributed by atoms with van der Waals surface area (Å²) < 4.78 is 0. The number of carbonyl (C=O) groups excluding carboxylic acids is 3. The summed E-state index contributed by atoms with van der Waals surface area (Å²) in [7, 11) is 0. The molecule has 0 aromatic heterocycles. The van der Waals surface area contributed by atoms with Crippen molar-refractivity contribution < 1.29 is 34.5 Å². The van der Waals surface area contributed by atoms with E-state index < -0.39 is 60.6 Å². The molecule has 2 rings (SSSR count). The Labute approximate surface area is 214 Å². The first-order chi connectivity index (χ1) is 17.5. The number of anilines is 1. The molecule has 0 spiro atoms. The van der Waals surface area contributed by atoms with Gasteiger partial charge in [-0.3, -0.25) is 14.4 Å². The van der Waals surface area contributed by atoms with Gasteiger partial charge in [-0.1, -0.05) is 42.5 Å². The molecule has 5 atom stereocenters. The van der Waals surface area contributed by atoms with Crippen LogP contribution in [0.2, 0.25) is 0 Å². The van der Waals surface area contributed by atoms with E-state index in [0.717, 1.165) is 5.56 Å². The van der Waals surface area contributed by atoms with E-state index in [0.29, 0.717) is 11.3 Å². The van der Waals surface area contributed by atoms with Crippen molar-refractivity contribution >= 4 is 29.4 Å². The van der Waals surface area contributed by atoms with Gasteiger partial charge in [0.25, 0.3) is 0 Å². The van der Waals surface area contributed by atoms with Crippen molar-refractivity contribution in [1.82, 2.24) is 10.6 Å². The minimum absolute atomic E-state index is 0.0668. The van der Waals surface area contributed by atoms with Gasteiger partial charge >= 0.3 is 5.97 Å². The number of aliphatic hydroxyl groups is 2. The van der Waals surface area contributed by atoms with E-state index in [2.05, 4.69) is 16.0 Å². The highest BCUT2D eigenvalue weighted by Gasteiger charge is 2.26. The molecule has 0 fully saturated rings. The molecule has 3 amide bonds. The Hall–Kier alpha value is -3.84.